The first kappa shape index (κ1) is 24.6. The lowest BCUT2D eigenvalue weighted by atomic mass is 9.88. The maximum absolute atomic E-state index is 12.1. The number of aliphatic hydroxyl groups is 4. The average Bonchev–Trinajstić information content (AvgIpc) is 2.73. The van der Waals surface area contributed by atoms with E-state index < -0.39 is 66.8 Å². The molecular weight excluding hydrogens is 442 g/mol. The van der Waals surface area contributed by atoms with Crippen LogP contribution in [0.15, 0.2) is 33.5 Å². The Balaban J connectivity index is 2.01. The Labute approximate surface area is 187 Å². The quantitative estimate of drug-likeness (QED) is 0.266. The van der Waals surface area contributed by atoms with Gasteiger partial charge in [-0.2, -0.15) is 0 Å². The number of hydrogen-bond acceptors (Lipinski definition) is 11. The zero-order chi connectivity index (χ0) is 24.5. The minimum atomic E-state index is -2.66. The van der Waals surface area contributed by atoms with Crippen LogP contribution in [-0.2, 0) is 14.3 Å². The summed E-state index contributed by atoms with van der Waals surface area (Å²) in [6, 6.07) is 4.09. The molecule has 180 valence electrons. The first-order valence-electron chi connectivity index (χ1n) is 10.0. The number of carbonyl (C=O) groups is 2. The number of carboxylic acid groups (broad SMARTS) is 1. The van der Waals surface area contributed by atoms with Crippen LogP contribution in [0.2, 0.25) is 0 Å². The lowest BCUT2D eigenvalue weighted by molar-refractivity contribution is -0.367. The second kappa shape index (κ2) is 9.45. The first-order valence-corrected chi connectivity index (χ1v) is 10.0. The normalized spacial score (nSPS) is 27.0. The third-order valence-electron chi connectivity index (χ3n) is 5.38. The molecule has 1 aromatic carbocycles. The minimum absolute atomic E-state index is 0.103. The van der Waals surface area contributed by atoms with E-state index >= 15 is 0 Å². The van der Waals surface area contributed by atoms with Crippen molar-refractivity contribution in [1.29, 1.82) is 0 Å². The molecule has 5 N–H and O–H groups in total. The summed E-state index contributed by atoms with van der Waals surface area (Å²) in [6.07, 6.45) is -7.76. The van der Waals surface area contributed by atoms with E-state index in [2.05, 4.69) is 5.32 Å². The second-order valence-corrected chi connectivity index (χ2v) is 7.87. The number of carboxylic acids is 1. The van der Waals surface area contributed by atoms with Crippen LogP contribution in [0.5, 0.6) is 5.75 Å². The van der Waals surface area contributed by atoms with Crippen LogP contribution in [0.25, 0.3) is 11.0 Å². The Morgan fingerprint density at radius 2 is 2.03 bits per heavy atom. The molecule has 2 aromatic rings. The maximum Gasteiger partial charge on any atom is 0.336 e. The number of amides is 1. The number of fused-ring (bicyclic) bond motifs is 1. The SMILES string of the molecule is CC(=O)NC1C(O)CC(Oc2ccc3c(C)cc(=O)oc3c2)(C(=O)[O-])OC1C(O)C(O)CO. The molecule has 0 spiro atoms. The van der Waals surface area contributed by atoms with Crippen LogP contribution >= 0.6 is 0 Å². The molecule has 1 aliphatic rings. The second-order valence-electron chi connectivity index (χ2n) is 7.87. The van der Waals surface area contributed by atoms with Gasteiger partial charge >= 0.3 is 5.63 Å². The van der Waals surface area contributed by atoms with Gasteiger partial charge in [0.1, 0.15) is 35.6 Å². The van der Waals surface area contributed by atoms with Gasteiger partial charge in [0.05, 0.1) is 18.8 Å². The molecule has 1 amide bonds. The predicted octanol–water partition coefficient (Wildman–Crippen LogP) is -2.70. The Morgan fingerprint density at radius 1 is 1.33 bits per heavy atom. The number of aryl methyl sites for hydroxylation is 1. The van der Waals surface area contributed by atoms with E-state index in [-0.39, 0.29) is 11.3 Å². The highest BCUT2D eigenvalue weighted by Gasteiger charge is 2.53. The van der Waals surface area contributed by atoms with Crippen molar-refractivity contribution >= 4 is 22.8 Å². The number of benzene rings is 1. The average molecular weight is 466 g/mol. The van der Waals surface area contributed by atoms with Crippen molar-refractivity contribution in [3.63, 3.8) is 0 Å². The number of rotatable bonds is 7. The summed E-state index contributed by atoms with van der Waals surface area (Å²) in [6.45, 7) is 1.90. The van der Waals surface area contributed by atoms with Gasteiger partial charge < -0.3 is 49.5 Å². The molecule has 1 saturated heterocycles. The molecule has 0 aliphatic carbocycles. The highest BCUT2D eigenvalue weighted by molar-refractivity contribution is 5.81. The third kappa shape index (κ3) is 4.99. The summed E-state index contributed by atoms with van der Waals surface area (Å²) in [5.41, 5.74) is 0.0901. The standard InChI is InChI=1S/C21H25NO11/c1-9-5-16(27)31-15-6-11(3-4-12(9)15)32-21(20(29)30)7-13(25)17(22-10(2)24)19(33-21)18(28)14(26)8-23/h3-6,13-14,17-19,23,25-26,28H,7-8H2,1-2H3,(H,22,24)(H,29,30)/p-1. The van der Waals surface area contributed by atoms with E-state index in [0.717, 1.165) is 6.92 Å². The fourth-order valence-electron chi connectivity index (χ4n) is 3.78. The summed E-state index contributed by atoms with van der Waals surface area (Å²) < 4.78 is 16.1. The van der Waals surface area contributed by atoms with Crippen molar-refractivity contribution in [3.05, 3.63) is 40.2 Å². The topological polar surface area (TPSA) is 199 Å². The lowest BCUT2D eigenvalue weighted by Gasteiger charge is -2.48. The lowest BCUT2D eigenvalue weighted by Crippen LogP contribution is -2.70. The molecule has 6 unspecified atom stereocenters. The van der Waals surface area contributed by atoms with Crippen molar-refractivity contribution in [2.75, 3.05) is 6.61 Å². The Kier molecular flexibility index (Phi) is 7.05. The molecule has 1 fully saturated rings. The fourth-order valence-corrected chi connectivity index (χ4v) is 3.78. The molecule has 12 heteroatoms. The summed E-state index contributed by atoms with van der Waals surface area (Å²) in [4.78, 5) is 35.4. The van der Waals surface area contributed by atoms with Crippen molar-refractivity contribution in [2.24, 2.45) is 0 Å². The van der Waals surface area contributed by atoms with Crippen LogP contribution in [0.3, 0.4) is 0 Å². The highest BCUT2D eigenvalue weighted by atomic mass is 16.7. The molecule has 2 heterocycles. The van der Waals surface area contributed by atoms with E-state index in [4.69, 9.17) is 13.9 Å². The largest absolute Gasteiger partial charge is 0.543 e. The van der Waals surface area contributed by atoms with E-state index in [0.29, 0.717) is 10.9 Å². The van der Waals surface area contributed by atoms with E-state index in [1.54, 1.807) is 6.92 Å². The van der Waals surface area contributed by atoms with Gasteiger partial charge in [-0.05, 0) is 24.6 Å². The fraction of sp³-hybridized carbons (Fsp3) is 0.476. The van der Waals surface area contributed by atoms with Gasteiger partial charge in [0.2, 0.25) is 5.91 Å². The maximum atomic E-state index is 12.1. The number of aliphatic carboxylic acids is 1. The van der Waals surface area contributed by atoms with Gasteiger partial charge in [0, 0.05) is 30.9 Å². The first-order chi connectivity index (χ1) is 15.5. The number of hydrogen-bond donors (Lipinski definition) is 5. The Hall–Kier alpha value is -3.03. The van der Waals surface area contributed by atoms with Crippen LogP contribution in [-0.4, -0.2) is 75.2 Å². The highest BCUT2D eigenvalue weighted by Crippen LogP contribution is 2.35. The van der Waals surface area contributed by atoms with Crippen molar-refractivity contribution in [3.8, 4) is 5.75 Å². The molecule has 3 rings (SSSR count). The molecule has 0 bridgehead atoms. The van der Waals surface area contributed by atoms with Crippen molar-refractivity contribution in [1.82, 2.24) is 5.32 Å². The smallest absolute Gasteiger partial charge is 0.336 e. The predicted molar refractivity (Wildman–Crippen MR) is 108 cm³/mol. The van der Waals surface area contributed by atoms with Gasteiger partial charge in [-0.15, -0.1) is 0 Å². The van der Waals surface area contributed by atoms with Gasteiger partial charge in [0.25, 0.3) is 5.79 Å². The number of nitrogens with one attached hydrogen (secondary N) is 1. The van der Waals surface area contributed by atoms with Crippen LogP contribution < -0.4 is 20.8 Å². The molecule has 33 heavy (non-hydrogen) atoms. The van der Waals surface area contributed by atoms with Gasteiger partial charge in [0.15, 0.2) is 0 Å². The minimum Gasteiger partial charge on any atom is -0.543 e. The van der Waals surface area contributed by atoms with Crippen LogP contribution in [0.1, 0.15) is 18.9 Å². The zero-order valence-corrected chi connectivity index (χ0v) is 17.8. The Bertz CT molecular complexity index is 1100. The molecule has 0 radical (unpaired) electrons. The summed E-state index contributed by atoms with van der Waals surface area (Å²) in [5.74, 6) is -5.32. The van der Waals surface area contributed by atoms with Gasteiger partial charge in [-0.3, -0.25) is 4.79 Å². The number of carbonyl (C=O) groups excluding carboxylic acids is 2. The summed E-state index contributed by atoms with van der Waals surface area (Å²) in [7, 11) is 0. The van der Waals surface area contributed by atoms with Gasteiger partial charge in [-0.25, -0.2) is 4.79 Å². The molecular formula is C21H24NO11-. The Morgan fingerprint density at radius 3 is 2.64 bits per heavy atom. The van der Waals surface area contributed by atoms with Crippen LogP contribution in [0.4, 0.5) is 0 Å². The van der Waals surface area contributed by atoms with Crippen molar-refractivity contribution < 1.29 is 49.0 Å². The monoisotopic (exact) mass is 466 g/mol. The zero-order valence-electron chi connectivity index (χ0n) is 17.8. The number of ether oxygens (including phenoxy) is 2. The molecule has 12 nitrogen and oxygen atoms in total. The van der Waals surface area contributed by atoms with E-state index in [9.17, 15) is 39.9 Å². The van der Waals surface area contributed by atoms with Crippen molar-refractivity contribution in [2.45, 2.75) is 56.5 Å². The molecule has 6 atom stereocenters. The summed E-state index contributed by atoms with van der Waals surface area (Å²) in [5, 5.41) is 55.1. The third-order valence-corrected chi connectivity index (χ3v) is 5.38. The molecule has 1 aromatic heterocycles. The number of aliphatic hydroxyl groups excluding tert-OH is 4. The van der Waals surface area contributed by atoms with Crippen LogP contribution in [0, 0.1) is 6.92 Å². The summed E-state index contributed by atoms with van der Waals surface area (Å²) >= 11 is 0. The molecule has 1 aliphatic heterocycles. The molecule has 0 saturated carbocycles. The van der Waals surface area contributed by atoms with E-state index in [1.807, 2.05) is 0 Å². The van der Waals surface area contributed by atoms with Gasteiger partial charge in [-0.1, -0.05) is 0 Å². The van der Waals surface area contributed by atoms with E-state index in [1.165, 1.54) is 24.3 Å².